The minimum Gasteiger partial charge on any atom is -0.496 e. The van der Waals surface area contributed by atoms with Gasteiger partial charge < -0.3 is 9.84 Å². The van der Waals surface area contributed by atoms with Crippen molar-refractivity contribution in [1.82, 2.24) is 4.90 Å². The maximum Gasteiger partial charge on any atom is 0.308 e. The van der Waals surface area contributed by atoms with Crippen molar-refractivity contribution in [2.45, 2.75) is 32.4 Å². The van der Waals surface area contributed by atoms with Crippen LogP contribution >= 0.6 is 0 Å². The molecule has 1 aliphatic rings. The first-order valence-corrected chi connectivity index (χ1v) is 8.79. The van der Waals surface area contributed by atoms with Gasteiger partial charge in [0.25, 0.3) is 0 Å². The summed E-state index contributed by atoms with van der Waals surface area (Å²) in [5, 5.41) is 9.40. The lowest BCUT2D eigenvalue weighted by Gasteiger charge is -2.37. The molecule has 132 valence electrons. The molecule has 1 heterocycles. The van der Waals surface area contributed by atoms with E-state index in [0.717, 1.165) is 41.8 Å². The summed E-state index contributed by atoms with van der Waals surface area (Å²) in [4.78, 5) is 13.7. The Morgan fingerprint density at radius 1 is 1.20 bits per heavy atom. The molecular weight excluding hydrogens is 314 g/mol. The summed E-state index contributed by atoms with van der Waals surface area (Å²) in [5.74, 6) is -0.127. The number of hydrogen-bond donors (Lipinski definition) is 1. The van der Waals surface area contributed by atoms with Crippen LogP contribution in [0.25, 0.3) is 11.1 Å². The van der Waals surface area contributed by atoms with Crippen LogP contribution in [0.1, 0.15) is 25.3 Å². The van der Waals surface area contributed by atoms with E-state index in [1.54, 1.807) is 7.11 Å². The third-order valence-corrected chi connectivity index (χ3v) is 5.20. The summed E-state index contributed by atoms with van der Waals surface area (Å²) >= 11 is 0. The number of rotatable bonds is 5. The molecule has 0 spiro atoms. The Balaban J connectivity index is 1.81. The summed E-state index contributed by atoms with van der Waals surface area (Å²) in [6.45, 7) is 3.65. The molecule has 2 aromatic carbocycles. The molecule has 25 heavy (non-hydrogen) atoms. The SMILES string of the molecule is COc1cc(-c2ccccc2)ccc1CN1CCC[C@H](C(=O)O)[C@@H]1C. The molecule has 1 N–H and O–H groups in total. The first kappa shape index (κ1) is 17.5. The molecule has 0 aromatic heterocycles. The van der Waals surface area contributed by atoms with E-state index in [1.807, 2.05) is 25.1 Å². The minimum atomic E-state index is -0.691. The predicted octanol–water partition coefficient (Wildman–Crippen LogP) is 4.05. The number of carboxylic acid groups (broad SMARTS) is 1. The number of carboxylic acids is 1. The largest absolute Gasteiger partial charge is 0.496 e. The molecule has 0 bridgehead atoms. The van der Waals surface area contributed by atoms with Crippen LogP contribution in [0.3, 0.4) is 0 Å². The summed E-state index contributed by atoms with van der Waals surface area (Å²) in [6, 6.07) is 16.5. The molecule has 1 aliphatic heterocycles. The Morgan fingerprint density at radius 3 is 2.64 bits per heavy atom. The number of aliphatic carboxylic acids is 1. The van der Waals surface area contributed by atoms with Crippen molar-refractivity contribution >= 4 is 5.97 Å². The summed E-state index contributed by atoms with van der Waals surface area (Å²) in [7, 11) is 1.69. The number of ether oxygens (including phenoxy) is 1. The van der Waals surface area contributed by atoms with Crippen molar-refractivity contribution in [3.05, 3.63) is 54.1 Å². The molecule has 0 amide bonds. The maximum absolute atomic E-state index is 11.4. The van der Waals surface area contributed by atoms with Crippen LogP contribution < -0.4 is 4.74 Å². The quantitative estimate of drug-likeness (QED) is 0.893. The highest BCUT2D eigenvalue weighted by atomic mass is 16.5. The highest BCUT2D eigenvalue weighted by molar-refractivity contribution is 5.71. The molecule has 4 heteroatoms. The first-order chi connectivity index (χ1) is 12.1. The lowest BCUT2D eigenvalue weighted by molar-refractivity contribution is -0.145. The molecule has 0 aliphatic carbocycles. The maximum atomic E-state index is 11.4. The van der Waals surface area contributed by atoms with E-state index in [9.17, 15) is 9.90 Å². The van der Waals surface area contributed by atoms with Crippen LogP contribution in [-0.2, 0) is 11.3 Å². The molecule has 0 radical (unpaired) electrons. The van der Waals surface area contributed by atoms with Gasteiger partial charge in [0.05, 0.1) is 13.0 Å². The second-order valence-corrected chi connectivity index (χ2v) is 6.69. The molecule has 3 rings (SSSR count). The predicted molar refractivity (Wildman–Crippen MR) is 98.7 cm³/mol. The normalized spacial score (nSPS) is 21.0. The Hall–Kier alpha value is -2.33. The van der Waals surface area contributed by atoms with Gasteiger partial charge in [-0.3, -0.25) is 9.69 Å². The zero-order valence-electron chi connectivity index (χ0n) is 14.8. The Labute approximate surface area is 149 Å². The van der Waals surface area contributed by atoms with Gasteiger partial charge in [-0.25, -0.2) is 0 Å². The Kier molecular flexibility index (Phi) is 5.39. The van der Waals surface area contributed by atoms with Gasteiger partial charge in [-0.2, -0.15) is 0 Å². The summed E-state index contributed by atoms with van der Waals surface area (Å²) in [6.07, 6.45) is 1.68. The fourth-order valence-electron chi connectivity index (χ4n) is 3.67. The van der Waals surface area contributed by atoms with Gasteiger partial charge in [-0.1, -0.05) is 42.5 Å². The number of methoxy groups -OCH3 is 1. The second kappa shape index (κ2) is 7.70. The van der Waals surface area contributed by atoms with Crippen LogP contribution in [0.2, 0.25) is 0 Å². The second-order valence-electron chi connectivity index (χ2n) is 6.69. The molecule has 4 nitrogen and oxygen atoms in total. The van der Waals surface area contributed by atoms with Crippen molar-refractivity contribution < 1.29 is 14.6 Å². The molecule has 1 saturated heterocycles. The standard InChI is InChI=1S/C21H25NO3/c1-15-19(21(23)24)9-6-12-22(15)14-18-11-10-17(13-20(18)25-2)16-7-4-3-5-8-16/h3-5,7-8,10-11,13,15,19H,6,9,12,14H2,1-2H3,(H,23,24)/t15-,19-/m0/s1. The van der Waals surface area contributed by atoms with Gasteiger partial charge in [-0.05, 0) is 43.5 Å². The van der Waals surface area contributed by atoms with E-state index in [-0.39, 0.29) is 12.0 Å². The van der Waals surface area contributed by atoms with Gasteiger partial charge in [0.2, 0.25) is 0 Å². The van der Waals surface area contributed by atoms with Gasteiger partial charge >= 0.3 is 5.97 Å². The monoisotopic (exact) mass is 339 g/mol. The lowest BCUT2D eigenvalue weighted by atomic mass is 9.90. The minimum absolute atomic E-state index is 0.0322. The van der Waals surface area contributed by atoms with Gasteiger partial charge in [0.1, 0.15) is 5.75 Å². The molecular formula is C21H25NO3. The smallest absolute Gasteiger partial charge is 0.308 e. The molecule has 0 saturated carbocycles. The first-order valence-electron chi connectivity index (χ1n) is 8.79. The number of carbonyl (C=O) groups is 1. The third-order valence-electron chi connectivity index (χ3n) is 5.20. The van der Waals surface area contributed by atoms with Crippen LogP contribution in [0.5, 0.6) is 5.75 Å². The van der Waals surface area contributed by atoms with E-state index >= 15 is 0 Å². The zero-order valence-corrected chi connectivity index (χ0v) is 14.8. The van der Waals surface area contributed by atoms with Crippen LogP contribution in [-0.4, -0.2) is 35.7 Å². The highest BCUT2D eigenvalue weighted by Gasteiger charge is 2.33. The van der Waals surface area contributed by atoms with E-state index in [0.29, 0.717) is 6.54 Å². The van der Waals surface area contributed by atoms with Crippen molar-refractivity contribution in [1.29, 1.82) is 0 Å². The Morgan fingerprint density at radius 2 is 1.96 bits per heavy atom. The average Bonchev–Trinajstić information content (AvgIpc) is 2.64. The third kappa shape index (κ3) is 3.85. The van der Waals surface area contributed by atoms with Gasteiger partial charge in [0.15, 0.2) is 0 Å². The van der Waals surface area contributed by atoms with E-state index in [4.69, 9.17) is 4.74 Å². The molecule has 0 unspecified atom stereocenters. The number of hydrogen-bond acceptors (Lipinski definition) is 3. The van der Waals surface area contributed by atoms with Crippen molar-refractivity contribution in [2.75, 3.05) is 13.7 Å². The van der Waals surface area contributed by atoms with Crippen LogP contribution in [0.4, 0.5) is 0 Å². The fourth-order valence-corrected chi connectivity index (χ4v) is 3.67. The topological polar surface area (TPSA) is 49.8 Å². The Bertz CT molecular complexity index is 729. The fraction of sp³-hybridized carbons (Fsp3) is 0.381. The number of piperidine rings is 1. The number of benzene rings is 2. The van der Waals surface area contributed by atoms with Crippen LogP contribution in [0, 0.1) is 5.92 Å². The summed E-state index contributed by atoms with van der Waals surface area (Å²) < 4.78 is 5.62. The number of likely N-dealkylation sites (tertiary alicyclic amines) is 1. The molecule has 2 aromatic rings. The van der Waals surface area contributed by atoms with Gasteiger partial charge in [0, 0.05) is 18.2 Å². The average molecular weight is 339 g/mol. The molecule has 1 fully saturated rings. The van der Waals surface area contributed by atoms with E-state index in [1.165, 1.54) is 0 Å². The summed E-state index contributed by atoms with van der Waals surface area (Å²) in [5.41, 5.74) is 3.38. The highest BCUT2D eigenvalue weighted by Crippen LogP contribution is 2.31. The van der Waals surface area contributed by atoms with Crippen molar-refractivity contribution in [3.63, 3.8) is 0 Å². The van der Waals surface area contributed by atoms with Crippen LogP contribution in [0.15, 0.2) is 48.5 Å². The lowest BCUT2D eigenvalue weighted by Crippen LogP contribution is -2.45. The van der Waals surface area contributed by atoms with E-state index < -0.39 is 5.97 Å². The van der Waals surface area contributed by atoms with Crippen molar-refractivity contribution in [2.24, 2.45) is 5.92 Å². The number of nitrogens with zero attached hydrogens (tertiary/aromatic N) is 1. The molecule has 2 atom stereocenters. The van der Waals surface area contributed by atoms with Crippen molar-refractivity contribution in [3.8, 4) is 16.9 Å². The van der Waals surface area contributed by atoms with Gasteiger partial charge in [-0.15, -0.1) is 0 Å². The zero-order chi connectivity index (χ0) is 17.8. The van der Waals surface area contributed by atoms with E-state index in [2.05, 4.69) is 35.2 Å².